The first-order valence-electron chi connectivity index (χ1n) is 8.40. The van der Waals surface area contributed by atoms with Gasteiger partial charge < -0.3 is 14.5 Å². The third-order valence-electron chi connectivity index (χ3n) is 4.23. The van der Waals surface area contributed by atoms with E-state index in [0.29, 0.717) is 23.7 Å². The van der Waals surface area contributed by atoms with E-state index in [4.69, 9.17) is 9.15 Å². The van der Waals surface area contributed by atoms with Crippen molar-refractivity contribution in [3.8, 4) is 17.1 Å². The zero-order chi connectivity index (χ0) is 17.1. The van der Waals surface area contributed by atoms with Gasteiger partial charge in [-0.3, -0.25) is 4.79 Å². The molecular formula is C19H19N3O3. The van der Waals surface area contributed by atoms with Crippen molar-refractivity contribution >= 4 is 5.91 Å². The second-order valence-corrected chi connectivity index (χ2v) is 5.98. The van der Waals surface area contributed by atoms with Crippen LogP contribution in [0.25, 0.3) is 17.1 Å². The van der Waals surface area contributed by atoms with Gasteiger partial charge in [-0.1, -0.05) is 18.2 Å². The quantitative estimate of drug-likeness (QED) is 0.777. The van der Waals surface area contributed by atoms with E-state index in [0.717, 1.165) is 25.1 Å². The van der Waals surface area contributed by atoms with Crippen molar-refractivity contribution in [2.24, 2.45) is 0 Å². The monoisotopic (exact) mass is 337 g/mol. The summed E-state index contributed by atoms with van der Waals surface area (Å²) in [7, 11) is 0. The van der Waals surface area contributed by atoms with Gasteiger partial charge in [0.1, 0.15) is 11.4 Å². The fourth-order valence-electron chi connectivity index (χ4n) is 2.96. The molecule has 3 aromatic rings. The van der Waals surface area contributed by atoms with Crippen LogP contribution in [-0.4, -0.2) is 34.9 Å². The molecule has 4 rings (SSSR count). The van der Waals surface area contributed by atoms with E-state index in [1.807, 2.05) is 36.4 Å². The van der Waals surface area contributed by atoms with E-state index >= 15 is 0 Å². The summed E-state index contributed by atoms with van der Waals surface area (Å²) in [5.41, 5.74) is 1.91. The van der Waals surface area contributed by atoms with Crippen molar-refractivity contribution in [3.63, 3.8) is 0 Å². The number of hydrogen-bond acceptors (Lipinski definition) is 4. The minimum atomic E-state index is -0.176. The molecule has 6 nitrogen and oxygen atoms in total. The van der Waals surface area contributed by atoms with Crippen LogP contribution in [0.4, 0.5) is 0 Å². The minimum absolute atomic E-state index is 0.0987. The third-order valence-corrected chi connectivity index (χ3v) is 4.23. The Morgan fingerprint density at radius 3 is 2.84 bits per heavy atom. The Morgan fingerprint density at radius 2 is 2.12 bits per heavy atom. The zero-order valence-electron chi connectivity index (χ0n) is 13.7. The highest BCUT2D eigenvalue weighted by Crippen LogP contribution is 2.22. The van der Waals surface area contributed by atoms with Crippen molar-refractivity contribution in [2.45, 2.75) is 18.9 Å². The third kappa shape index (κ3) is 3.34. The number of carbonyl (C=O) groups is 1. The fourth-order valence-corrected chi connectivity index (χ4v) is 2.96. The first-order valence-corrected chi connectivity index (χ1v) is 8.40. The van der Waals surface area contributed by atoms with Crippen molar-refractivity contribution in [2.75, 3.05) is 13.2 Å². The molecule has 1 N–H and O–H groups in total. The molecule has 0 spiro atoms. The van der Waals surface area contributed by atoms with Gasteiger partial charge in [0.15, 0.2) is 5.76 Å². The topological polar surface area (TPSA) is 69.3 Å². The Bertz CT molecular complexity index is 834. The SMILES string of the molecule is O=C(NC[C@@H]1CCCO1)c1cc(-c2ccco2)nn1-c1ccccc1. The molecule has 6 heteroatoms. The van der Waals surface area contributed by atoms with E-state index in [-0.39, 0.29) is 12.0 Å². The Labute approximate surface area is 145 Å². The van der Waals surface area contributed by atoms with E-state index in [2.05, 4.69) is 10.4 Å². The standard InChI is InChI=1S/C19H19N3O3/c23-19(20-13-15-8-4-10-24-15)17-12-16(18-9-5-11-25-18)21-22(17)14-6-2-1-3-7-14/h1-3,5-7,9,11-12,15H,4,8,10,13H2,(H,20,23)/t15-/m0/s1. The number of furan rings is 1. The minimum Gasteiger partial charge on any atom is -0.463 e. The number of benzene rings is 1. The normalized spacial score (nSPS) is 16.9. The number of para-hydroxylation sites is 1. The predicted octanol–water partition coefficient (Wildman–Crippen LogP) is 3.04. The summed E-state index contributed by atoms with van der Waals surface area (Å²) < 4.78 is 12.6. The van der Waals surface area contributed by atoms with Gasteiger partial charge in [0.25, 0.3) is 5.91 Å². The van der Waals surface area contributed by atoms with Gasteiger partial charge >= 0.3 is 0 Å². The van der Waals surface area contributed by atoms with Crippen LogP contribution in [0.1, 0.15) is 23.3 Å². The molecule has 0 radical (unpaired) electrons. The molecule has 1 saturated heterocycles. The van der Waals surface area contributed by atoms with Crippen LogP contribution in [0.15, 0.2) is 59.2 Å². The lowest BCUT2D eigenvalue weighted by molar-refractivity contribution is 0.0851. The van der Waals surface area contributed by atoms with Crippen LogP contribution in [-0.2, 0) is 4.74 Å². The molecule has 1 atom stereocenters. The summed E-state index contributed by atoms with van der Waals surface area (Å²) in [5.74, 6) is 0.451. The van der Waals surface area contributed by atoms with Gasteiger partial charge in [0.05, 0.1) is 18.1 Å². The smallest absolute Gasteiger partial charge is 0.270 e. The highest BCUT2D eigenvalue weighted by atomic mass is 16.5. The lowest BCUT2D eigenvalue weighted by Gasteiger charge is -2.11. The van der Waals surface area contributed by atoms with Crippen molar-refractivity contribution in [3.05, 3.63) is 60.5 Å². The number of rotatable bonds is 5. The van der Waals surface area contributed by atoms with Gasteiger partial charge in [0.2, 0.25) is 0 Å². The number of amides is 1. The van der Waals surface area contributed by atoms with E-state index < -0.39 is 0 Å². The maximum absolute atomic E-state index is 12.7. The number of nitrogens with one attached hydrogen (secondary N) is 1. The van der Waals surface area contributed by atoms with Gasteiger partial charge in [-0.05, 0) is 37.1 Å². The van der Waals surface area contributed by atoms with Crippen LogP contribution in [0.2, 0.25) is 0 Å². The molecule has 0 bridgehead atoms. The fraction of sp³-hybridized carbons (Fsp3) is 0.263. The number of aromatic nitrogens is 2. The molecule has 0 saturated carbocycles. The average Bonchev–Trinajstić information content (AvgIpc) is 3.41. The first-order chi connectivity index (χ1) is 12.3. The molecule has 0 unspecified atom stereocenters. The summed E-state index contributed by atoms with van der Waals surface area (Å²) in [5, 5.41) is 7.51. The van der Waals surface area contributed by atoms with Crippen molar-refractivity contribution in [1.82, 2.24) is 15.1 Å². The summed E-state index contributed by atoms with van der Waals surface area (Å²) in [6.07, 6.45) is 3.72. The summed E-state index contributed by atoms with van der Waals surface area (Å²) in [6, 6.07) is 15.0. The number of carbonyl (C=O) groups excluding carboxylic acids is 1. The van der Waals surface area contributed by atoms with Gasteiger partial charge in [-0.2, -0.15) is 5.10 Å². The molecule has 1 amide bonds. The van der Waals surface area contributed by atoms with Crippen molar-refractivity contribution < 1.29 is 13.9 Å². The first kappa shape index (κ1) is 15.7. The lowest BCUT2D eigenvalue weighted by atomic mass is 10.2. The van der Waals surface area contributed by atoms with Gasteiger partial charge in [0, 0.05) is 19.2 Å². The van der Waals surface area contributed by atoms with Crippen LogP contribution in [0.3, 0.4) is 0 Å². The highest BCUT2D eigenvalue weighted by molar-refractivity contribution is 5.94. The predicted molar refractivity (Wildman–Crippen MR) is 92.6 cm³/mol. The largest absolute Gasteiger partial charge is 0.463 e. The summed E-state index contributed by atoms with van der Waals surface area (Å²) >= 11 is 0. The molecule has 128 valence electrons. The lowest BCUT2D eigenvalue weighted by Crippen LogP contribution is -2.33. The molecule has 1 aliphatic heterocycles. The second-order valence-electron chi connectivity index (χ2n) is 5.98. The molecular weight excluding hydrogens is 318 g/mol. The average molecular weight is 337 g/mol. The molecule has 2 aromatic heterocycles. The maximum atomic E-state index is 12.7. The van der Waals surface area contributed by atoms with E-state index in [9.17, 15) is 4.79 Å². The molecule has 1 fully saturated rings. The van der Waals surface area contributed by atoms with Crippen LogP contribution >= 0.6 is 0 Å². The van der Waals surface area contributed by atoms with E-state index in [1.54, 1.807) is 23.1 Å². The maximum Gasteiger partial charge on any atom is 0.270 e. The Balaban J connectivity index is 1.63. The second kappa shape index (κ2) is 6.94. The summed E-state index contributed by atoms with van der Waals surface area (Å²) in [6.45, 7) is 1.28. The number of ether oxygens (including phenoxy) is 1. The van der Waals surface area contributed by atoms with Gasteiger partial charge in [-0.25, -0.2) is 4.68 Å². The Kier molecular flexibility index (Phi) is 4.35. The Morgan fingerprint density at radius 1 is 1.24 bits per heavy atom. The van der Waals surface area contributed by atoms with Crippen LogP contribution in [0.5, 0.6) is 0 Å². The number of hydrogen-bond donors (Lipinski definition) is 1. The van der Waals surface area contributed by atoms with Crippen molar-refractivity contribution in [1.29, 1.82) is 0 Å². The molecule has 1 aromatic carbocycles. The molecule has 0 aliphatic carbocycles. The van der Waals surface area contributed by atoms with Gasteiger partial charge in [-0.15, -0.1) is 0 Å². The molecule has 1 aliphatic rings. The van der Waals surface area contributed by atoms with Crippen LogP contribution in [0, 0.1) is 0 Å². The van der Waals surface area contributed by atoms with Crippen LogP contribution < -0.4 is 5.32 Å². The zero-order valence-corrected chi connectivity index (χ0v) is 13.7. The van der Waals surface area contributed by atoms with E-state index in [1.165, 1.54) is 0 Å². The summed E-state index contributed by atoms with van der Waals surface area (Å²) in [4.78, 5) is 12.7. The number of nitrogens with zero attached hydrogens (tertiary/aromatic N) is 2. The highest BCUT2D eigenvalue weighted by Gasteiger charge is 2.21. The molecule has 25 heavy (non-hydrogen) atoms. The Hall–Kier alpha value is -2.86. The molecule has 3 heterocycles.